The zero-order valence-electron chi connectivity index (χ0n) is 12.5. The molecule has 0 amide bonds. The van der Waals surface area contributed by atoms with Crippen LogP contribution in [-0.2, 0) is 13.0 Å². The van der Waals surface area contributed by atoms with Gasteiger partial charge in [0.2, 0.25) is 0 Å². The lowest BCUT2D eigenvalue weighted by Gasteiger charge is -2.31. The van der Waals surface area contributed by atoms with Gasteiger partial charge in [-0.15, -0.1) is 11.3 Å². The highest BCUT2D eigenvalue weighted by Crippen LogP contribution is 2.22. The number of likely N-dealkylation sites (tertiary alicyclic amines) is 1. The van der Waals surface area contributed by atoms with Gasteiger partial charge in [-0.2, -0.15) is 0 Å². The molecule has 1 aliphatic heterocycles. The van der Waals surface area contributed by atoms with Crippen molar-refractivity contribution in [2.45, 2.75) is 25.8 Å². The molecular formula is C17H20N4S. The molecule has 0 bridgehead atoms. The normalized spacial score (nSPS) is 19.7. The van der Waals surface area contributed by atoms with Crippen LogP contribution in [0.25, 0.3) is 11.0 Å². The van der Waals surface area contributed by atoms with Crippen LogP contribution in [0.15, 0.2) is 35.2 Å². The lowest BCUT2D eigenvalue weighted by Crippen LogP contribution is -2.35. The SMILES string of the molecule is c1ccc2[nH]c(C[C@@H]3CCCN(Cc4cscn4)C3)nc2c1. The quantitative estimate of drug-likeness (QED) is 0.802. The lowest BCUT2D eigenvalue weighted by molar-refractivity contribution is 0.164. The molecule has 1 atom stereocenters. The zero-order valence-corrected chi connectivity index (χ0v) is 13.4. The van der Waals surface area contributed by atoms with Crippen molar-refractivity contribution in [2.75, 3.05) is 13.1 Å². The van der Waals surface area contributed by atoms with Crippen LogP contribution >= 0.6 is 11.3 Å². The van der Waals surface area contributed by atoms with Crippen LogP contribution in [0.4, 0.5) is 0 Å². The van der Waals surface area contributed by atoms with Crippen LogP contribution in [0.2, 0.25) is 0 Å². The molecule has 0 unspecified atom stereocenters. The smallest absolute Gasteiger partial charge is 0.107 e. The number of para-hydroxylation sites is 2. The van der Waals surface area contributed by atoms with E-state index in [9.17, 15) is 0 Å². The summed E-state index contributed by atoms with van der Waals surface area (Å²) in [6, 6.07) is 8.27. The standard InChI is InChI=1S/C17H20N4S/c1-2-6-16-15(5-1)19-17(20-16)8-13-4-3-7-21(9-13)10-14-11-22-12-18-14/h1-2,5-6,11-13H,3-4,7-10H2,(H,19,20)/t13-/m0/s1. The first kappa shape index (κ1) is 13.9. The maximum absolute atomic E-state index is 4.72. The molecule has 22 heavy (non-hydrogen) atoms. The van der Waals surface area contributed by atoms with Crippen molar-refractivity contribution in [1.82, 2.24) is 19.9 Å². The molecule has 1 aromatic carbocycles. The Hall–Kier alpha value is -1.72. The topological polar surface area (TPSA) is 44.8 Å². The maximum atomic E-state index is 4.72. The van der Waals surface area contributed by atoms with Gasteiger partial charge in [-0.1, -0.05) is 12.1 Å². The van der Waals surface area contributed by atoms with Crippen molar-refractivity contribution in [3.63, 3.8) is 0 Å². The summed E-state index contributed by atoms with van der Waals surface area (Å²) >= 11 is 1.68. The van der Waals surface area contributed by atoms with Gasteiger partial charge in [0.15, 0.2) is 0 Å². The third-order valence-electron chi connectivity index (χ3n) is 4.39. The highest BCUT2D eigenvalue weighted by atomic mass is 32.1. The van der Waals surface area contributed by atoms with Crippen molar-refractivity contribution in [3.05, 3.63) is 46.7 Å². The molecule has 0 radical (unpaired) electrons. The summed E-state index contributed by atoms with van der Waals surface area (Å²) in [5.41, 5.74) is 5.35. The number of nitrogens with one attached hydrogen (secondary N) is 1. The van der Waals surface area contributed by atoms with Gasteiger partial charge in [0.25, 0.3) is 0 Å². The fourth-order valence-electron chi connectivity index (χ4n) is 3.38. The Labute approximate surface area is 134 Å². The van der Waals surface area contributed by atoms with Gasteiger partial charge in [-0.25, -0.2) is 9.97 Å². The predicted octanol–water partition coefficient (Wildman–Crippen LogP) is 3.47. The van der Waals surface area contributed by atoms with Crippen LogP contribution in [0.3, 0.4) is 0 Å². The van der Waals surface area contributed by atoms with Gasteiger partial charge in [0, 0.05) is 24.9 Å². The zero-order chi connectivity index (χ0) is 14.8. The number of thiazole rings is 1. The molecule has 4 nitrogen and oxygen atoms in total. The molecule has 1 aliphatic rings. The number of fused-ring (bicyclic) bond motifs is 1. The molecule has 0 saturated carbocycles. The predicted molar refractivity (Wildman–Crippen MR) is 89.9 cm³/mol. The third-order valence-corrected chi connectivity index (χ3v) is 5.03. The van der Waals surface area contributed by atoms with Crippen LogP contribution in [0.5, 0.6) is 0 Å². The summed E-state index contributed by atoms with van der Waals surface area (Å²) < 4.78 is 0. The summed E-state index contributed by atoms with van der Waals surface area (Å²) in [6.07, 6.45) is 3.61. The van der Waals surface area contributed by atoms with E-state index in [2.05, 4.69) is 38.4 Å². The van der Waals surface area contributed by atoms with Crippen LogP contribution in [-0.4, -0.2) is 32.9 Å². The van der Waals surface area contributed by atoms with E-state index in [0.717, 1.165) is 36.4 Å². The minimum Gasteiger partial charge on any atom is -0.342 e. The molecular weight excluding hydrogens is 292 g/mol. The van der Waals surface area contributed by atoms with Crippen LogP contribution in [0.1, 0.15) is 24.4 Å². The van der Waals surface area contributed by atoms with Crippen molar-refractivity contribution < 1.29 is 0 Å². The highest BCUT2D eigenvalue weighted by molar-refractivity contribution is 7.07. The Morgan fingerprint density at radius 1 is 1.32 bits per heavy atom. The Morgan fingerprint density at radius 2 is 2.27 bits per heavy atom. The number of rotatable bonds is 4. The minimum atomic E-state index is 0.688. The summed E-state index contributed by atoms with van der Waals surface area (Å²) in [5, 5.41) is 2.16. The van der Waals surface area contributed by atoms with E-state index < -0.39 is 0 Å². The second kappa shape index (κ2) is 6.18. The monoisotopic (exact) mass is 312 g/mol. The molecule has 3 heterocycles. The van der Waals surface area contributed by atoms with Crippen molar-refractivity contribution in [3.8, 4) is 0 Å². The van der Waals surface area contributed by atoms with E-state index in [1.807, 2.05) is 11.6 Å². The number of nitrogens with zero attached hydrogens (tertiary/aromatic N) is 3. The number of piperidine rings is 1. The highest BCUT2D eigenvalue weighted by Gasteiger charge is 2.21. The number of aromatic nitrogens is 3. The molecule has 0 spiro atoms. The molecule has 2 aromatic heterocycles. The van der Waals surface area contributed by atoms with E-state index in [1.54, 1.807) is 11.3 Å². The van der Waals surface area contributed by atoms with E-state index in [4.69, 9.17) is 4.98 Å². The number of H-pyrrole nitrogens is 1. The Morgan fingerprint density at radius 3 is 3.14 bits per heavy atom. The summed E-state index contributed by atoms with van der Waals surface area (Å²) in [6.45, 7) is 3.32. The molecule has 1 saturated heterocycles. The van der Waals surface area contributed by atoms with E-state index in [1.165, 1.54) is 25.1 Å². The Kier molecular flexibility index (Phi) is 3.91. The van der Waals surface area contributed by atoms with Gasteiger partial charge in [0.1, 0.15) is 5.82 Å². The molecule has 4 rings (SSSR count). The Balaban J connectivity index is 1.41. The first-order valence-electron chi connectivity index (χ1n) is 7.90. The van der Waals surface area contributed by atoms with Crippen molar-refractivity contribution in [2.24, 2.45) is 5.92 Å². The second-order valence-electron chi connectivity index (χ2n) is 6.13. The average molecular weight is 312 g/mol. The third kappa shape index (κ3) is 3.05. The fraction of sp³-hybridized carbons (Fsp3) is 0.412. The largest absolute Gasteiger partial charge is 0.342 e. The van der Waals surface area contributed by atoms with Gasteiger partial charge in [0.05, 0.1) is 22.2 Å². The van der Waals surface area contributed by atoms with Gasteiger partial charge >= 0.3 is 0 Å². The number of imidazole rings is 1. The maximum Gasteiger partial charge on any atom is 0.107 e. The van der Waals surface area contributed by atoms with E-state index in [-0.39, 0.29) is 0 Å². The van der Waals surface area contributed by atoms with Crippen LogP contribution < -0.4 is 0 Å². The number of aromatic amines is 1. The fourth-order valence-corrected chi connectivity index (χ4v) is 3.93. The minimum absolute atomic E-state index is 0.688. The summed E-state index contributed by atoms with van der Waals surface area (Å²) in [4.78, 5) is 15.1. The first-order valence-corrected chi connectivity index (χ1v) is 8.84. The molecule has 3 aromatic rings. The van der Waals surface area contributed by atoms with Gasteiger partial charge in [-0.3, -0.25) is 4.90 Å². The number of benzene rings is 1. The van der Waals surface area contributed by atoms with Gasteiger partial charge in [-0.05, 0) is 37.4 Å². The van der Waals surface area contributed by atoms with Crippen molar-refractivity contribution >= 4 is 22.4 Å². The van der Waals surface area contributed by atoms with Crippen molar-refractivity contribution in [1.29, 1.82) is 0 Å². The second-order valence-corrected chi connectivity index (χ2v) is 6.85. The molecule has 0 aliphatic carbocycles. The summed E-state index contributed by atoms with van der Waals surface area (Å²) in [5.74, 6) is 1.81. The average Bonchev–Trinajstić information content (AvgIpc) is 3.16. The Bertz CT molecular complexity index is 701. The molecule has 114 valence electrons. The summed E-state index contributed by atoms with van der Waals surface area (Å²) in [7, 11) is 0. The number of hydrogen-bond acceptors (Lipinski definition) is 4. The number of hydrogen-bond donors (Lipinski definition) is 1. The van der Waals surface area contributed by atoms with E-state index >= 15 is 0 Å². The molecule has 5 heteroatoms. The molecule has 1 fully saturated rings. The van der Waals surface area contributed by atoms with Gasteiger partial charge < -0.3 is 4.98 Å². The van der Waals surface area contributed by atoms with E-state index in [0.29, 0.717) is 5.92 Å². The van der Waals surface area contributed by atoms with Crippen LogP contribution in [0, 0.1) is 5.92 Å². The lowest BCUT2D eigenvalue weighted by atomic mass is 9.94. The molecule has 1 N–H and O–H groups in total. The first-order chi connectivity index (χ1) is 10.9.